The molecule has 7 aromatic carbocycles. The van der Waals surface area contributed by atoms with Gasteiger partial charge in [-0.15, -0.1) is 0 Å². The highest BCUT2D eigenvalue weighted by molar-refractivity contribution is 5.96. The molecule has 0 fully saturated rings. The standard InChI is InChI=1S/C52H41NO/c1-51(2)44-23-15-14-22-41(44)42-31-29-40(33-46(42)51)53(38-20-12-7-13-21-38)39-27-24-34(25-28-39)37-26-30-43-45(32-37)52(3,4)48-47(43)49(35-16-8-5-9-17-35)54-50(48)36-18-10-6-11-19-36/h5-33H,1-4H3. The second-order valence-corrected chi connectivity index (χ2v) is 15.7. The molecule has 2 nitrogen and oxygen atoms in total. The lowest BCUT2D eigenvalue weighted by molar-refractivity contribution is 0.575. The van der Waals surface area contributed by atoms with Crippen molar-refractivity contribution in [2.75, 3.05) is 4.90 Å². The second kappa shape index (κ2) is 12.1. The first-order valence-corrected chi connectivity index (χ1v) is 18.9. The quantitative estimate of drug-likeness (QED) is 0.172. The molecule has 2 heteroatoms. The Morgan fingerprint density at radius 3 is 1.59 bits per heavy atom. The van der Waals surface area contributed by atoms with Gasteiger partial charge < -0.3 is 9.32 Å². The van der Waals surface area contributed by atoms with Crippen molar-refractivity contribution in [2.24, 2.45) is 0 Å². The minimum absolute atomic E-state index is 0.0735. The van der Waals surface area contributed by atoms with E-state index < -0.39 is 0 Å². The van der Waals surface area contributed by atoms with E-state index in [4.69, 9.17) is 4.42 Å². The van der Waals surface area contributed by atoms with Crippen LogP contribution in [0, 0.1) is 0 Å². The molecule has 0 spiro atoms. The molecule has 0 saturated heterocycles. The van der Waals surface area contributed by atoms with Crippen LogP contribution in [-0.2, 0) is 10.8 Å². The van der Waals surface area contributed by atoms with Crippen LogP contribution in [0.4, 0.5) is 17.1 Å². The van der Waals surface area contributed by atoms with E-state index >= 15 is 0 Å². The number of benzene rings is 7. The summed E-state index contributed by atoms with van der Waals surface area (Å²) in [6, 6.07) is 63.7. The molecular formula is C52H41NO. The summed E-state index contributed by atoms with van der Waals surface area (Å²) < 4.78 is 6.82. The van der Waals surface area contributed by atoms with Crippen LogP contribution in [0.1, 0.15) is 49.9 Å². The molecule has 0 atom stereocenters. The third-order valence-electron chi connectivity index (χ3n) is 11.9. The maximum atomic E-state index is 6.82. The van der Waals surface area contributed by atoms with Gasteiger partial charge in [0, 0.05) is 50.1 Å². The zero-order valence-corrected chi connectivity index (χ0v) is 31.1. The molecule has 0 saturated carbocycles. The number of fused-ring (bicyclic) bond motifs is 6. The van der Waals surface area contributed by atoms with Gasteiger partial charge in [0.1, 0.15) is 11.5 Å². The van der Waals surface area contributed by atoms with Crippen LogP contribution >= 0.6 is 0 Å². The second-order valence-electron chi connectivity index (χ2n) is 15.7. The van der Waals surface area contributed by atoms with Gasteiger partial charge in [0.05, 0.1) is 0 Å². The molecule has 8 aromatic rings. The van der Waals surface area contributed by atoms with Crippen molar-refractivity contribution in [3.8, 4) is 56.0 Å². The number of anilines is 3. The van der Waals surface area contributed by atoms with E-state index in [1.54, 1.807) is 0 Å². The number of para-hydroxylation sites is 1. The monoisotopic (exact) mass is 695 g/mol. The van der Waals surface area contributed by atoms with Crippen LogP contribution in [0.5, 0.6) is 0 Å². The summed E-state index contributed by atoms with van der Waals surface area (Å²) in [6.07, 6.45) is 0. The van der Waals surface area contributed by atoms with Crippen LogP contribution in [0.15, 0.2) is 180 Å². The summed E-state index contributed by atoms with van der Waals surface area (Å²) in [6.45, 7) is 9.38. The normalized spacial score (nSPS) is 14.2. The smallest absolute Gasteiger partial charge is 0.142 e. The zero-order valence-electron chi connectivity index (χ0n) is 31.1. The predicted octanol–water partition coefficient (Wildman–Crippen LogP) is 14.4. The Labute approximate surface area is 318 Å². The zero-order chi connectivity index (χ0) is 36.6. The van der Waals surface area contributed by atoms with Crippen molar-refractivity contribution in [1.29, 1.82) is 0 Å². The number of furan rings is 1. The molecule has 0 radical (unpaired) electrons. The van der Waals surface area contributed by atoms with Gasteiger partial charge in [-0.3, -0.25) is 0 Å². The first-order chi connectivity index (χ1) is 26.3. The Bertz CT molecular complexity index is 2680. The molecule has 260 valence electrons. The first kappa shape index (κ1) is 32.3. The van der Waals surface area contributed by atoms with Crippen LogP contribution in [0.3, 0.4) is 0 Å². The molecule has 0 aliphatic heterocycles. The average molecular weight is 696 g/mol. The fourth-order valence-corrected chi connectivity index (χ4v) is 9.12. The molecule has 1 aromatic heterocycles. The van der Waals surface area contributed by atoms with Gasteiger partial charge in [0.25, 0.3) is 0 Å². The Morgan fingerprint density at radius 1 is 0.370 bits per heavy atom. The first-order valence-electron chi connectivity index (χ1n) is 18.9. The minimum Gasteiger partial charge on any atom is -0.455 e. The maximum Gasteiger partial charge on any atom is 0.142 e. The number of hydrogen-bond donors (Lipinski definition) is 0. The van der Waals surface area contributed by atoms with Gasteiger partial charge in [-0.2, -0.15) is 0 Å². The van der Waals surface area contributed by atoms with Crippen LogP contribution < -0.4 is 4.90 Å². The highest BCUT2D eigenvalue weighted by Crippen LogP contribution is 2.58. The largest absolute Gasteiger partial charge is 0.455 e. The molecule has 0 amide bonds. The van der Waals surface area contributed by atoms with Crippen molar-refractivity contribution < 1.29 is 4.42 Å². The summed E-state index contributed by atoms with van der Waals surface area (Å²) in [5, 5.41) is 0. The van der Waals surface area contributed by atoms with Crippen LogP contribution in [0.25, 0.3) is 56.0 Å². The van der Waals surface area contributed by atoms with E-state index in [9.17, 15) is 0 Å². The van der Waals surface area contributed by atoms with E-state index in [0.717, 1.165) is 39.7 Å². The van der Waals surface area contributed by atoms with Gasteiger partial charge in [0.15, 0.2) is 0 Å². The van der Waals surface area contributed by atoms with Gasteiger partial charge in [-0.25, -0.2) is 0 Å². The molecule has 0 bridgehead atoms. The van der Waals surface area contributed by atoms with Gasteiger partial charge in [0.2, 0.25) is 0 Å². The lowest BCUT2D eigenvalue weighted by atomic mass is 9.80. The van der Waals surface area contributed by atoms with Gasteiger partial charge >= 0.3 is 0 Å². The fourth-order valence-electron chi connectivity index (χ4n) is 9.12. The summed E-state index contributed by atoms with van der Waals surface area (Å²) in [7, 11) is 0. The number of hydrogen-bond acceptors (Lipinski definition) is 2. The molecule has 0 unspecified atom stereocenters. The fraction of sp³-hybridized carbons (Fsp3) is 0.115. The Kier molecular flexibility index (Phi) is 7.22. The summed E-state index contributed by atoms with van der Waals surface area (Å²) in [5.74, 6) is 1.89. The summed E-state index contributed by atoms with van der Waals surface area (Å²) >= 11 is 0. The predicted molar refractivity (Wildman–Crippen MR) is 225 cm³/mol. The molecule has 10 rings (SSSR count). The molecule has 2 aliphatic rings. The van der Waals surface area contributed by atoms with Crippen molar-refractivity contribution in [3.05, 3.63) is 198 Å². The summed E-state index contributed by atoms with van der Waals surface area (Å²) in [4.78, 5) is 2.38. The molecule has 2 aliphatic carbocycles. The SMILES string of the molecule is CC1(C)c2ccccc2-c2ccc(N(c3ccccc3)c3ccc(-c4ccc5c(c4)C(C)(C)c4c(-c6ccccc6)oc(-c6ccccc6)c4-5)cc3)cc21. The van der Waals surface area contributed by atoms with Crippen molar-refractivity contribution in [2.45, 2.75) is 38.5 Å². The lowest BCUT2D eigenvalue weighted by Gasteiger charge is -2.28. The third kappa shape index (κ3) is 4.87. The van der Waals surface area contributed by atoms with E-state index in [1.165, 1.54) is 55.6 Å². The van der Waals surface area contributed by atoms with Crippen molar-refractivity contribution >= 4 is 17.1 Å². The van der Waals surface area contributed by atoms with Gasteiger partial charge in [-0.05, 0) is 87.0 Å². The molecule has 1 heterocycles. The topological polar surface area (TPSA) is 16.4 Å². The Hall–Kier alpha value is -6.38. The minimum atomic E-state index is -0.257. The third-order valence-corrected chi connectivity index (χ3v) is 11.9. The van der Waals surface area contributed by atoms with Crippen LogP contribution in [-0.4, -0.2) is 0 Å². The van der Waals surface area contributed by atoms with Crippen molar-refractivity contribution in [1.82, 2.24) is 0 Å². The number of rotatable bonds is 6. The van der Waals surface area contributed by atoms with Crippen molar-refractivity contribution in [3.63, 3.8) is 0 Å². The Balaban J connectivity index is 1.05. The van der Waals surface area contributed by atoms with Gasteiger partial charge in [-0.1, -0.05) is 161 Å². The van der Waals surface area contributed by atoms with E-state index in [-0.39, 0.29) is 10.8 Å². The highest BCUT2D eigenvalue weighted by atomic mass is 16.3. The summed E-state index contributed by atoms with van der Waals surface area (Å²) in [5.41, 5.74) is 18.2. The molecular weight excluding hydrogens is 655 g/mol. The number of nitrogens with zero attached hydrogens (tertiary/aromatic N) is 1. The van der Waals surface area contributed by atoms with Crippen LogP contribution in [0.2, 0.25) is 0 Å². The maximum absolute atomic E-state index is 6.82. The highest BCUT2D eigenvalue weighted by Gasteiger charge is 2.43. The average Bonchev–Trinajstić information content (AvgIpc) is 3.81. The van der Waals surface area contributed by atoms with E-state index in [0.29, 0.717) is 0 Å². The molecule has 54 heavy (non-hydrogen) atoms. The van der Waals surface area contributed by atoms with E-state index in [2.05, 4.69) is 209 Å². The molecule has 0 N–H and O–H groups in total. The lowest BCUT2D eigenvalue weighted by Crippen LogP contribution is -2.16. The van der Waals surface area contributed by atoms with E-state index in [1.807, 2.05) is 0 Å². The Morgan fingerprint density at radius 2 is 0.889 bits per heavy atom.